The second-order valence-electron chi connectivity index (χ2n) is 6.32. The highest BCUT2D eigenvalue weighted by atomic mass is 16.5. The summed E-state index contributed by atoms with van der Waals surface area (Å²) >= 11 is 0. The first kappa shape index (κ1) is 11.7. The van der Waals surface area contributed by atoms with Gasteiger partial charge in [0.2, 0.25) is 0 Å². The van der Waals surface area contributed by atoms with Crippen LogP contribution in [-0.4, -0.2) is 35.2 Å². The lowest BCUT2D eigenvalue weighted by molar-refractivity contribution is 0.0451. The van der Waals surface area contributed by atoms with Crippen LogP contribution >= 0.6 is 0 Å². The molecule has 0 bridgehead atoms. The first-order chi connectivity index (χ1) is 9.23. The maximum absolute atomic E-state index is 10.8. The predicted octanol–water partition coefficient (Wildman–Crippen LogP) is 2.28. The van der Waals surface area contributed by atoms with Crippen LogP contribution in [0.1, 0.15) is 37.7 Å². The molecule has 3 aliphatic rings. The minimum atomic E-state index is -0.652. The number of likely N-dealkylation sites (tertiary alicyclic amines) is 1. The number of benzene rings is 1. The molecule has 3 heteroatoms. The third-order valence-electron chi connectivity index (χ3n) is 4.56. The molecule has 3 nitrogen and oxygen atoms in total. The molecule has 1 unspecified atom stereocenters. The van der Waals surface area contributed by atoms with Crippen LogP contribution in [0.3, 0.4) is 0 Å². The van der Waals surface area contributed by atoms with Gasteiger partial charge < -0.3 is 9.84 Å². The normalized spacial score (nSPS) is 31.6. The van der Waals surface area contributed by atoms with Gasteiger partial charge in [-0.2, -0.15) is 0 Å². The molecule has 1 N–H and O–H groups in total. The van der Waals surface area contributed by atoms with Gasteiger partial charge in [-0.15, -0.1) is 0 Å². The summed E-state index contributed by atoms with van der Waals surface area (Å²) in [6, 6.07) is 8.82. The van der Waals surface area contributed by atoms with Crippen LogP contribution in [0, 0.1) is 0 Å². The monoisotopic (exact) mass is 259 g/mol. The van der Waals surface area contributed by atoms with Gasteiger partial charge >= 0.3 is 0 Å². The lowest BCUT2D eigenvalue weighted by Crippen LogP contribution is -2.31. The van der Waals surface area contributed by atoms with Crippen LogP contribution in [0.25, 0.3) is 0 Å². The second-order valence-corrected chi connectivity index (χ2v) is 6.32. The fourth-order valence-electron chi connectivity index (χ4n) is 3.03. The number of hydrogen-bond donors (Lipinski definition) is 1. The Morgan fingerprint density at radius 3 is 2.47 bits per heavy atom. The molecule has 4 rings (SSSR count). The van der Waals surface area contributed by atoms with Crippen LogP contribution in [0.15, 0.2) is 24.3 Å². The summed E-state index contributed by atoms with van der Waals surface area (Å²) in [5.41, 5.74) is 0.388. The topological polar surface area (TPSA) is 32.7 Å². The minimum absolute atomic E-state index is 0.436. The molecule has 0 radical (unpaired) electrons. The zero-order valence-electron chi connectivity index (χ0n) is 11.2. The van der Waals surface area contributed by atoms with E-state index in [-0.39, 0.29) is 0 Å². The molecular formula is C16H21NO2. The highest BCUT2D eigenvalue weighted by Crippen LogP contribution is 2.38. The summed E-state index contributed by atoms with van der Waals surface area (Å²) in [5, 5.41) is 10.8. The van der Waals surface area contributed by atoms with Gasteiger partial charge in [0.15, 0.2) is 0 Å². The van der Waals surface area contributed by atoms with Crippen molar-refractivity contribution in [1.29, 1.82) is 0 Å². The van der Waals surface area contributed by atoms with E-state index in [4.69, 9.17) is 4.74 Å². The molecule has 1 heterocycles. The molecule has 1 aromatic carbocycles. The van der Waals surface area contributed by atoms with Crippen molar-refractivity contribution in [1.82, 2.24) is 4.90 Å². The van der Waals surface area contributed by atoms with Crippen LogP contribution < -0.4 is 4.74 Å². The minimum Gasteiger partial charge on any atom is -0.490 e. The van der Waals surface area contributed by atoms with E-state index < -0.39 is 5.60 Å². The lowest BCUT2D eigenvalue weighted by atomic mass is 9.93. The lowest BCUT2D eigenvalue weighted by Gasteiger charge is -2.24. The van der Waals surface area contributed by atoms with E-state index in [1.807, 2.05) is 24.3 Å². The Hall–Kier alpha value is -1.06. The Bertz CT molecular complexity index is 464. The molecule has 2 saturated carbocycles. The molecule has 2 aliphatic carbocycles. The molecule has 19 heavy (non-hydrogen) atoms. The van der Waals surface area contributed by atoms with Gasteiger partial charge in [-0.05, 0) is 49.8 Å². The second kappa shape index (κ2) is 4.22. The molecule has 1 saturated heterocycles. The molecule has 0 aromatic heterocycles. The molecule has 3 fully saturated rings. The number of hydrogen-bond acceptors (Lipinski definition) is 3. The average Bonchev–Trinajstić information content (AvgIpc) is 3.32. The number of β-amino-alcohol motifs (C(OH)–C–C–N with tert-alkyl or cyclic N) is 1. The molecule has 0 spiro atoms. The molecule has 1 aromatic rings. The van der Waals surface area contributed by atoms with Crippen LogP contribution in [-0.2, 0) is 5.60 Å². The number of ether oxygens (including phenoxy) is 1. The third kappa shape index (κ3) is 2.37. The first-order valence-corrected chi connectivity index (χ1v) is 7.47. The van der Waals surface area contributed by atoms with Crippen molar-refractivity contribution < 1.29 is 9.84 Å². The van der Waals surface area contributed by atoms with E-state index in [1.54, 1.807) is 0 Å². The fourth-order valence-corrected chi connectivity index (χ4v) is 3.03. The van der Waals surface area contributed by atoms with E-state index in [0.29, 0.717) is 6.10 Å². The van der Waals surface area contributed by atoms with Crippen molar-refractivity contribution in [2.45, 2.75) is 49.9 Å². The summed E-state index contributed by atoms with van der Waals surface area (Å²) < 4.78 is 5.75. The van der Waals surface area contributed by atoms with E-state index in [9.17, 15) is 5.11 Å². The Kier molecular flexibility index (Phi) is 2.61. The molecule has 0 amide bonds. The van der Waals surface area contributed by atoms with Gasteiger partial charge in [0.1, 0.15) is 11.4 Å². The predicted molar refractivity (Wildman–Crippen MR) is 73.2 cm³/mol. The summed E-state index contributed by atoms with van der Waals surface area (Å²) in [6.45, 7) is 1.82. The smallest absolute Gasteiger partial charge is 0.119 e. The summed E-state index contributed by atoms with van der Waals surface area (Å²) in [5.74, 6) is 0.937. The zero-order valence-corrected chi connectivity index (χ0v) is 11.2. The van der Waals surface area contributed by atoms with Crippen molar-refractivity contribution >= 4 is 0 Å². The fraction of sp³-hybridized carbons (Fsp3) is 0.625. The third-order valence-corrected chi connectivity index (χ3v) is 4.56. The highest BCUT2D eigenvalue weighted by Gasteiger charge is 2.42. The Balaban J connectivity index is 1.47. The van der Waals surface area contributed by atoms with Gasteiger partial charge in [0, 0.05) is 19.1 Å². The van der Waals surface area contributed by atoms with Gasteiger partial charge in [0.25, 0.3) is 0 Å². The molecule has 102 valence electrons. The maximum Gasteiger partial charge on any atom is 0.119 e. The Morgan fingerprint density at radius 2 is 1.84 bits per heavy atom. The SMILES string of the molecule is OC1(c2ccc(OC3CC3)cc2)CCN(C2CC2)C1. The maximum atomic E-state index is 10.8. The Labute approximate surface area is 114 Å². The number of aliphatic hydroxyl groups is 1. The molecular weight excluding hydrogens is 238 g/mol. The van der Waals surface area contributed by atoms with Crippen LogP contribution in [0.5, 0.6) is 5.75 Å². The molecule has 1 atom stereocenters. The standard InChI is InChI=1S/C16H21NO2/c18-16(9-10-17(11-16)13-3-4-13)12-1-5-14(6-2-12)19-15-7-8-15/h1-2,5-6,13,15,18H,3-4,7-11H2. The molecule has 1 aliphatic heterocycles. The van der Waals surface area contributed by atoms with Crippen molar-refractivity contribution in [3.63, 3.8) is 0 Å². The van der Waals surface area contributed by atoms with Gasteiger partial charge in [-0.25, -0.2) is 0 Å². The zero-order chi connectivity index (χ0) is 12.9. The van der Waals surface area contributed by atoms with E-state index in [0.717, 1.165) is 36.9 Å². The van der Waals surface area contributed by atoms with Crippen molar-refractivity contribution in [2.24, 2.45) is 0 Å². The highest BCUT2D eigenvalue weighted by molar-refractivity contribution is 5.32. The van der Waals surface area contributed by atoms with Crippen molar-refractivity contribution in [3.05, 3.63) is 29.8 Å². The number of nitrogens with zero attached hydrogens (tertiary/aromatic N) is 1. The number of rotatable bonds is 4. The van der Waals surface area contributed by atoms with Crippen molar-refractivity contribution in [3.8, 4) is 5.75 Å². The van der Waals surface area contributed by atoms with Gasteiger partial charge in [-0.1, -0.05) is 12.1 Å². The largest absolute Gasteiger partial charge is 0.490 e. The van der Waals surface area contributed by atoms with E-state index in [1.165, 1.54) is 25.7 Å². The van der Waals surface area contributed by atoms with Crippen LogP contribution in [0.4, 0.5) is 0 Å². The van der Waals surface area contributed by atoms with E-state index in [2.05, 4.69) is 4.90 Å². The quantitative estimate of drug-likeness (QED) is 0.900. The van der Waals surface area contributed by atoms with E-state index >= 15 is 0 Å². The van der Waals surface area contributed by atoms with Crippen molar-refractivity contribution in [2.75, 3.05) is 13.1 Å². The summed E-state index contributed by atoms with van der Waals surface area (Å²) in [7, 11) is 0. The van der Waals surface area contributed by atoms with Crippen LogP contribution in [0.2, 0.25) is 0 Å². The Morgan fingerprint density at radius 1 is 1.11 bits per heavy atom. The average molecular weight is 259 g/mol. The van der Waals surface area contributed by atoms with Gasteiger partial charge in [-0.3, -0.25) is 4.90 Å². The first-order valence-electron chi connectivity index (χ1n) is 7.47. The van der Waals surface area contributed by atoms with Gasteiger partial charge in [0.05, 0.1) is 6.10 Å². The summed E-state index contributed by atoms with van der Waals surface area (Å²) in [6.07, 6.45) is 6.27. The summed E-state index contributed by atoms with van der Waals surface area (Å²) in [4.78, 5) is 2.44.